The molecule has 0 atom stereocenters. The van der Waals surface area contributed by atoms with Gasteiger partial charge in [0.05, 0.1) is 5.41 Å². The molecule has 3 nitrogen and oxygen atoms in total. The normalized spacial score (nSPS) is 19.6. The summed E-state index contributed by atoms with van der Waals surface area (Å²) in [5.74, 6) is 0.159. The van der Waals surface area contributed by atoms with Crippen LogP contribution in [0.15, 0.2) is 12.2 Å². The van der Waals surface area contributed by atoms with E-state index in [0.29, 0.717) is 6.54 Å². The van der Waals surface area contributed by atoms with E-state index in [2.05, 4.69) is 11.4 Å². The van der Waals surface area contributed by atoms with Crippen molar-refractivity contribution in [2.45, 2.75) is 39.0 Å². The zero-order chi connectivity index (χ0) is 11.1. The first-order chi connectivity index (χ1) is 7.25. The molecule has 1 amide bonds. The minimum atomic E-state index is -0.254. The molecule has 0 aromatic heterocycles. The van der Waals surface area contributed by atoms with Crippen molar-refractivity contribution in [2.75, 3.05) is 13.1 Å². The van der Waals surface area contributed by atoms with Gasteiger partial charge < -0.3 is 11.1 Å². The lowest BCUT2D eigenvalue weighted by Gasteiger charge is -2.25. The van der Waals surface area contributed by atoms with E-state index in [0.717, 1.165) is 38.6 Å². The quantitative estimate of drug-likeness (QED) is 0.535. The summed E-state index contributed by atoms with van der Waals surface area (Å²) in [5.41, 5.74) is 5.47. The Bertz CT molecular complexity index is 230. The second-order valence-electron chi connectivity index (χ2n) is 4.31. The minimum Gasteiger partial charge on any atom is -0.355 e. The first-order valence-electron chi connectivity index (χ1n) is 5.85. The Labute approximate surface area is 92.1 Å². The number of nitrogens with two attached hydrogens (primary N) is 1. The summed E-state index contributed by atoms with van der Waals surface area (Å²) in [7, 11) is 0. The predicted molar refractivity (Wildman–Crippen MR) is 62.4 cm³/mol. The third-order valence-corrected chi connectivity index (χ3v) is 3.27. The maximum atomic E-state index is 11.9. The molecule has 0 aliphatic heterocycles. The highest BCUT2D eigenvalue weighted by Crippen LogP contribution is 2.37. The molecule has 0 aromatic rings. The molecule has 86 valence electrons. The molecule has 1 saturated carbocycles. The van der Waals surface area contributed by atoms with Crippen LogP contribution >= 0.6 is 0 Å². The number of allylic oxidation sites excluding steroid dienone is 1. The van der Waals surface area contributed by atoms with E-state index in [1.54, 1.807) is 0 Å². The molecule has 3 heteroatoms. The highest BCUT2D eigenvalue weighted by atomic mass is 16.2. The lowest BCUT2D eigenvalue weighted by molar-refractivity contribution is -0.130. The molecule has 0 radical (unpaired) electrons. The van der Waals surface area contributed by atoms with Gasteiger partial charge in [-0.2, -0.15) is 0 Å². The van der Waals surface area contributed by atoms with Crippen LogP contribution in [0.5, 0.6) is 0 Å². The number of amides is 1. The van der Waals surface area contributed by atoms with E-state index in [4.69, 9.17) is 5.73 Å². The van der Waals surface area contributed by atoms with Gasteiger partial charge in [0, 0.05) is 13.1 Å². The van der Waals surface area contributed by atoms with Crippen molar-refractivity contribution in [3.05, 3.63) is 12.2 Å². The molecule has 0 bridgehead atoms. The van der Waals surface area contributed by atoms with Crippen LogP contribution in [0.2, 0.25) is 0 Å². The Kier molecular flexibility index (Phi) is 4.82. The summed E-state index contributed by atoms with van der Waals surface area (Å²) in [6.07, 6.45) is 9.16. The number of nitrogens with one attached hydrogen (secondary N) is 1. The number of carbonyl (C=O) groups excluding carboxylic acids is 1. The van der Waals surface area contributed by atoms with E-state index < -0.39 is 0 Å². The van der Waals surface area contributed by atoms with Crippen LogP contribution in [-0.4, -0.2) is 19.0 Å². The van der Waals surface area contributed by atoms with Crippen LogP contribution in [0.4, 0.5) is 0 Å². The zero-order valence-electron chi connectivity index (χ0n) is 9.59. The number of rotatable bonds is 5. The summed E-state index contributed by atoms with van der Waals surface area (Å²) in [5, 5.41) is 2.98. The predicted octanol–water partition coefficient (Wildman–Crippen LogP) is 1.59. The Hall–Kier alpha value is -0.830. The largest absolute Gasteiger partial charge is 0.355 e. The van der Waals surface area contributed by atoms with E-state index in [1.165, 1.54) is 0 Å². The molecule has 15 heavy (non-hydrogen) atoms. The summed E-state index contributed by atoms with van der Waals surface area (Å²) in [6, 6.07) is 0. The average Bonchev–Trinajstić information content (AvgIpc) is 2.74. The minimum absolute atomic E-state index is 0.159. The fourth-order valence-corrected chi connectivity index (χ4v) is 2.20. The van der Waals surface area contributed by atoms with Crippen molar-refractivity contribution in [1.82, 2.24) is 5.32 Å². The van der Waals surface area contributed by atoms with Crippen molar-refractivity contribution < 1.29 is 4.79 Å². The van der Waals surface area contributed by atoms with Crippen LogP contribution in [0, 0.1) is 5.41 Å². The fraction of sp³-hybridized carbons (Fsp3) is 0.750. The number of hydrogen-bond acceptors (Lipinski definition) is 2. The molecule has 0 unspecified atom stereocenters. The highest BCUT2D eigenvalue weighted by molar-refractivity contribution is 5.83. The van der Waals surface area contributed by atoms with Crippen molar-refractivity contribution in [1.29, 1.82) is 0 Å². The lowest BCUT2D eigenvalue weighted by Crippen LogP contribution is -2.44. The molecule has 0 heterocycles. The highest BCUT2D eigenvalue weighted by Gasteiger charge is 2.39. The second kappa shape index (κ2) is 5.91. The molecular formula is C12H22N2O. The van der Waals surface area contributed by atoms with Gasteiger partial charge in [0.15, 0.2) is 0 Å². The van der Waals surface area contributed by atoms with Gasteiger partial charge >= 0.3 is 0 Å². The zero-order valence-corrected chi connectivity index (χ0v) is 9.59. The first kappa shape index (κ1) is 12.2. The average molecular weight is 210 g/mol. The maximum absolute atomic E-state index is 11.9. The standard InChI is InChI=1S/C12H22N2O/c1-2-3-6-9-14-11(15)12(10-13)7-4-5-8-12/h2-3H,4-10,13H2,1H3,(H,14,15)/b3-2+. The van der Waals surface area contributed by atoms with E-state index in [-0.39, 0.29) is 11.3 Å². The smallest absolute Gasteiger partial charge is 0.227 e. The Morgan fingerprint density at radius 3 is 2.67 bits per heavy atom. The van der Waals surface area contributed by atoms with Gasteiger partial charge in [0.25, 0.3) is 0 Å². The SMILES string of the molecule is C/C=C/CCNC(=O)C1(CN)CCCC1. The fourth-order valence-electron chi connectivity index (χ4n) is 2.20. The van der Waals surface area contributed by atoms with Gasteiger partial charge in [-0.1, -0.05) is 25.0 Å². The van der Waals surface area contributed by atoms with E-state index in [9.17, 15) is 4.79 Å². The third kappa shape index (κ3) is 3.06. The molecule has 0 spiro atoms. The summed E-state index contributed by atoms with van der Waals surface area (Å²) in [6.45, 7) is 3.20. The third-order valence-electron chi connectivity index (χ3n) is 3.27. The summed E-state index contributed by atoms with van der Waals surface area (Å²) >= 11 is 0. The molecule has 1 fully saturated rings. The summed E-state index contributed by atoms with van der Waals surface area (Å²) in [4.78, 5) is 11.9. The van der Waals surface area contributed by atoms with Crippen LogP contribution in [-0.2, 0) is 4.79 Å². The Balaban J connectivity index is 2.37. The molecule has 0 saturated heterocycles. The Morgan fingerprint density at radius 2 is 2.13 bits per heavy atom. The van der Waals surface area contributed by atoms with Crippen LogP contribution in [0.3, 0.4) is 0 Å². The van der Waals surface area contributed by atoms with Crippen molar-refractivity contribution in [3.8, 4) is 0 Å². The monoisotopic (exact) mass is 210 g/mol. The molecule has 1 aliphatic carbocycles. The lowest BCUT2D eigenvalue weighted by atomic mass is 9.85. The van der Waals surface area contributed by atoms with Crippen LogP contribution in [0.1, 0.15) is 39.0 Å². The first-order valence-corrected chi connectivity index (χ1v) is 5.85. The molecule has 0 aromatic carbocycles. The van der Waals surface area contributed by atoms with Gasteiger partial charge in [0.2, 0.25) is 5.91 Å². The van der Waals surface area contributed by atoms with Crippen molar-refractivity contribution in [3.63, 3.8) is 0 Å². The van der Waals surface area contributed by atoms with E-state index in [1.807, 2.05) is 13.0 Å². The maximum Gasteiger partial charge on any atom is 0.227 e. The second-order valence-corrected chi connectivity index (χ2v) is 4.31. The van der Waals surface area contributed by atoms with Crippen molar-refractivity contribution in [2.24, 2.45) is 11.1 Å². The molecular weight excluding hydrogens is 188 g/mol. The molecule has 1 aliphatic rings. The number of hydrogen-bond donors (Lipinski definition) is 2. The summed E-state index contributed by atoms with van der Waals surface area (Å²) < 4.78 is 0. The van der Waals surface area contributed by atoms with Gasteiger partial charge in [0.1, 0.15) is 0 Å². The van der Waals surface area contributed by atoms with Crippen molar-refractivity contribution >= 4 is 5.91 Å². The van der Waals surface area contributed by atoms with Gasteiger partial charge in [-0.25, -0.2) is 0 Å². The van der Waals surface area contributed by atoms with E-state index >= 15 is 0 Å². The Morgan fingerprint density at radius 1 is 1.47 bits per heavy atom. The van der Waals surface area contributed by atoms with Gasteiger partial charge in [-0.05, 0) is 26.2 Å². The van der Waals surface area contributed by atoms with Crippen LogP contribution in [0.25, 0.3) is 0 Å². The molecule has 3 N–H and O–H groups in total. The van der Waals surface area contributed by atoms with Gasteiger partial charge in [-0.3, -0.25) is 4.79 Å². The topological polar surface area (TPSA) is 55.1 Å². The number of carbonyl (C=O) groups is 1. The van der Waals surface area contributed by atoms with Gasteiger partial charge in [-0.15, -0.1) is 0 Å². The van der Waals surface area contributed by atoms with Crippen LogP contribution < -0.4 is 11.1 Å². The molecule has 1 rings (SSSR count).